The number of aliphatic hydroxyl groups is 2. The van der Waals surface area contributed by atoms with Crippen molar-refractivity contribution in [3.8, 4) is 11.5 Å². The van der Waals surface area contributed by atoms with Crippen LogP contribution in [0.15, 0.2) is 24.3 Å². The van der Waals surface area contributed by atoms with E-state index in [1.165, 1.54) is 11.1 Å². The van der Waals surface area contributed by atoms with Crippen LogP contribution in [0.3, 0.4) is 0 Å². The zero-order valence-electron chi connectivity index (χ0n) is 21.7. The van der Waals surface area contributed by atoms with Gasteiger partial charge in [-0.2, -0.15) is 0 Å². The lowest BCUT2D eigenvalue weighted by molar-refractivity contribution is 0.0238. The summed E-state index contributed by atoms with van der Waals surface area (Å²) >= 11 is 0. The molecular weight excluding hydrogens is 428 g/mol. The Hall–Kier alpha value is -2.12. The summed E-state index contributed by atoms with van der Waals surface area (Å²) in [6.45, 7) is 17.6. The summed E-state index contributed by atoms with van der Waals surface area (Å²) in [6, 6.07) is 8.43. The average Bonchev–Trinajstić information content (AvgIpc) is 2.73. The van der Waals surface area contributed by atoms with Gasteiger partial charge in [-0.05, 0) is 63.8 Å². The number of aliphatic hydroxyl groups excluding tert-OH is 2. The number of rotatable bonds is 10. The maximum Gasteiger partial charge on any atom is 0.125 e. The highest BCUT2D eigenvalue weighted by molar-refractivity contribution is 5.43. The fourth-order valence-electron chi connectivity index (χ4n) is 5.00. The third kappa shape index (κ3) is 7.44. The van der Waals surface area contributed by atoms with Gasteiger partial charge >= 0.3 is 0 Å². The van der Waals surface area contributed by atoms with Crippen LogP contribution in [0.5, 0.6) is 11.5 Å². The average molecular weight is 471 g/mol. The van der Waals surface area contributed by atoms with Crippen LogP contribution in [-0.2, 0) is 0 Å². The van der Waals surface area contributed by atoms with Gasteiger partial charge in [-0.3, -0.25) is 9.80 Å². The Bertz CT molecular complexity index is 830. The standard InChI is InChI=1S/C28H42N2O4/c1-19-11-21(3)27(22(4)12-19)33-17-25(31)15-29-7-9-30(10-8-29)16-26(32)18-34-28-23(5)13-20(2)14-24(28)6/h11-14,25-26,31-32H,7-10,15-18H2,1-6H3. The molecule has 6 nitrogen and oxygen atoms in total. The van der Waals surface area contributed by atoms with Crippen LogP contribution in [0.25, 0.3) is 0 Å². The van der Waals surface area contributed by atoms with Gasteiger partial charge in [0.25, 0.3) is 0 Å². The summed E-state index contributed by atoms with van der Waals surface area (Å²) in [5.41, 5.74) is 6.86. The highest BCUT2D eigenvalue weighted by Gasteiger charge is 2.22. The molecule has 0 aromatic heterocycles. The van der Waals surface area contributed by atoms with Crippen molar-refractivity contribution < 1.29 is 19.7 Å². The second-order valence-electron chi connectivity index (χ2n) is 9.99. The van der Waals surface area contributed by atoms with Crippen molar-refractivity contribution in [2.75, 3.05) is 52.5 Å². The molecule has 34 heavy (non-hydrogen) atoms. The minimum absolute atomic E-state index is 0.291. The van der Waals surface area contributed by atoms with E-state index in [-0.39, 0.29) is 0 Å². The maximum absolute atomic E-state index is 10.5. The van der Waals surface area contributed by atoms with Crippen molar-refractivity contribution in [2.45, 2.75) is 53.8 Å². The van der Waals surface area contributed by atoms with Crippen LogP contribution in [-0.4, -0.2) is 84.7 Å². The predicted octanol–water partition coefficient (Wildman–Crippen LogP) is 3.33. The Labute approximate surface area is 205 Å². The fraction of sp³-hybridized carbons (Fsp3) is 0.571. The maximum atomic E-state index is 10.5. The molecule has 2 aromatic carbocycles. The van der Waals surface area contributed by atoms with Crippen molar-refractivity contribution in [1.29, 1.82) is 0 Å². The summed E-state index contributed by atoms with van der Waals surface area (Å²) in [7, 11) is 0. The molecule has 0 amide bonds. The smallest absolute Gasteiger partial charge is 0.125 e. The number of aryl methyl sites for hydroxylation is 6. The molecule has 2 aromatic rings. The number of piperazine rings is 1. The molecule has 2 N–H and O–H groups in total. The third-order valence-corrected chi connectivity index (χ3v) is 6.45. The first-order valence-corrected chi connectivity index (χ1v) is 12.3. The van der Waals surface area contributed by atoms with E-state index in [1.54, 1.807) is 0 Å². The third-order valence-electron chi connectivity index (χ3n) is 6.45. The number of β-amino-alcohol motifs (C(OH)–C–C–N with tert-alkyl or cyclic N) is 2. The summed E-state index contributed by atoms with van der Waals surface area (Å²) in [5, 5.41) is 21.0. The first kappa shape index (κ1) is 26.5. The predicted molar refractivity (Wildman–Crippen MR) is 137 cm³/mol. The summed E-state index contributed by atoms with van der Waals surface area (Å²) < 4.78 is 11.9. The highest BCUT2D eigenvalue weighted by atomic mass is 16.5. The van der Waals surface area contributed by atoms with E-state index in [4.69, 9.17) is 9.47 Å². The van der Waals surface area contributed by atoms with Gasteiger partial charge in [0.1, 0.15) is 36.9 Å². The second kappa shape index (κ2) is 12.0. The summed E-state index contributed by atoms with van der Waals surface area (Å²) in [5.74, 6) is 1.75. The lowest BCUT2D eigenvalue weighted by Crippen LogP contribution is -2.51. The molecule has 1 aliphatic rings. The van der Waals surface area contributed by atoms with E-state index in [2.05, 4.69) is 47.9 Å². The van der Waals surface area contributed by atoms with Gasteiger partial charge in [-0.1, -0.05) is 35.4 Å². The van der Waals surface area contributed by atoms with Gasteiger partial charge in [0, 0.05) is 39.3 Å². The molecule has 0 bridgehead atoms. The molecule has 1 aliphatic heterocycles. The molecule has 0 aliphatic carbocycles. The quantitative estimate of drug-likeness (QED) is 0.555. The van der Waals surface area contributed by atoms with Gasteiger partial charge in [-0.15, -0.1) is 0 Å². The normalized spacial score (nSPS) is 16.9. The Balaban J connectivity index is 1.37. The van der Waals surface area contributed by atoms with Crippen molar-refractivity contribution in [1.82, 2.24) is 9.80 Å². The van der Waals surface area contributed by atoms with E-state index in [0.717, 1.165) is 59.9 Å². The summed E-state index contributed by atoms with van der Waals surface area (Å²) in [4.78, 5) is 4.53. The van der Waals surface area contributed by atoms with Crippen LogP contribution in [0, 0.1) is 41.5 Å². The Morgan fingerprint density at radius 3 is 1.21 bits per heavy atom. The number of benzene rings is 2. The molecule has 1 fully saturated rings. The van der Waals surface area contributed by atoms with Crippen molar-refractivity contribution >= 4 is 0 Å². The van der Waals surface area contributed by atoms with E-state index < -0.39 is 12.2 Å². The fourth-order valence-corrected chi connectivity index (χ4v) is 5.00. The SMILES string of the molecule is Cc1cc(C)c(OCC(O)CN2CCN(CC(O)COc3c(C)cc(C)cc3C)CC2)c(C)c1. The van der Waals surface area contributed by atoms with Crippen LogP contribution >= 0.6 is 0 Å². The van der Waals surface area contributed by atoms with Crippen LogP contribution < -0.4 is 9.47 Å². The Morgan fingerprint density at radius 1 is 0.618 bits per heavy atom. The van der Waals surface area contributed by atoms with Crippen LogP contribution in [0.4, 0.5) is 0 Å². The molecule has 2 unspecified atom stereocenters. The van der Waals surface area contributed by atoms with Crippen LogP contribution in [0.2, 0.25) is 0 Å². The topological polar surface area (TPSA) is 65.4 Å². The molecule has 2 atom stereocenters. The Morgan fingerprint density at radius 2 is 0.912 bits per heavy atom. The number of hydrogen-bond donors (Lipinski definition) is 2. The molecule has 0 radical (unpaired) electrons. The van der Waals surface area contributed by atoms with Gasteiger partial charge in [0.15, 0.2) is 0 Å². The van der Waals surface area contributed by atoms with Crippen molar-refractivity contribution in [3.05, 3.63) is 57.6 Å². The molecule has 3 rings (SSSR count). The van der Waals surface area contributed by atoms with Crippen molar-refractivity contribution in [2.24, 2.45) is 0 Å². The number of nitrogens with zero attached hydrogens (tertiary/aromatic N) is 2. The minimum atomic E-state index is -0.536. The van der Waals surface area contributed by atoms with Gasteiger partial charge in [0.05, 0.1) is 0 Å². The zero-order chi connectivity index (χ0) is 24.8. The molecule has 1 saturated heterocycles. The molecule has 1 heterocycles. The van der Waals surface area contributed by atoms with Gasteiger partial charge in [-0.25, -0.2) is 0 Å². The van der Waals surface area contributed by atoms with Gasteiger partial charge in [0.2, 0.25) is 0 Å². The lowest BCUT2D eigenvalue weighted by Gasteiger charge is -2.36. The highest BCUT2D eigenvalue weighted by Crippen LogP contribution is 2.25. The molecule has 6 heteroatoms. The monoisotopic (exact) mass is 470 g/mol. The van der Waals surface area contributed by atoms with Crippen LogP contribution in [0.1, 0.15) is 33.4 Å². The Kier molecular flexibility index (Phi) is 9.37. The molecule has 188 valence electrons. The summed E-state index contributed by atoms with van der Waals surface area (Å²) in [6.07, 6.45) is -1.07. The second-order valence-corrected chi connectivity index (χ2v) is 9.99. The largest absolute Gasteiger partial charge is 0.490 e. The molecule has 0 saturated carbocycles. The van der Waals surface area contributed by atoms with E-state index in [9.17, 15) is 10.2 Å². The zero-order valence-corrected chi connectivity index (χ0v) is 21.7. The van der Waals surface area contributed by atoms with E-state index >= 15 is 0 Å². The molecule has 0 spiro atoms. The molecular formula is C28H42N2O4. The first-order chi connectivity index (χ1) is 16.1. The van der Waals surface area contributed by atoms with Gasteiger partial charge < -0.3 is 19.7 Å². The van der Waals surface area contributed by atoms with E-state index in [0.29, 0.717) is 26.3 Å². The first-order valence-electron chi connectivity index (χ1n) is 12.3. The van der Waals surface area contributed by atoms with E-state index in [1.807, 2.05) is 27.7 Å². The van der Waals surface area contributed by atoms with Crippen molar-refractivity contribution in [3.63, 3.8) is 0 Å². The number of ether oxygens (including phenoxy) is 2. The lowest BCUT2D eigenvalue weighted by atomic mass is 10.1. The number of hydrogen-bond acceptors (Lipinski definition) is 6. The minimum Gasteiger partial charge on any atom is -0.490 e.